The molecule has 5 heteroatoms. The highest BCUT2D eigenvalue weighted by Gasteiger charge is 2.11. The molecule has 114 valence electrons. The number of methoxy groups -OCH3 is 1. The molecule has 0 saturated heterocycles. The molecule has 0 fully saturated rings. The second kappa shape index (κ2) is 9.08. The number of benzene rings is 1. The summed E-state index contributed by atoms with van der Waals surface area (Å²) in [5.74, 6) is 0.868. The molecule has 0 heterocycles. The van der Waals surface area contributed by atoms with Crippen LogP contribution in [0.5, 0.6) is 11.5 Å². The van der Waals surface area contributed by atoms with E-state index in [9.17, 15) is 4.79 Å². The van der Waals surface area contributed by atoms with Crippen LogP contribution in [0.2, 0.25) is 5.02 Å². The maximum absolute atomic E-state index is 11.5. The summed E-state index contributed by atoms with van der Waals surface area (Å²) in [6.45, 7) is 6.54. The van der Waals surface area contributed by atoms with E-state index in [0.717, 1.165) is 12.0 Å². The number of carbonyl (C=O) groups is 1. The molecule has 1 amide bonds. The minimum absolute atomic E-state index is 0.198. The number of hydrogen-bond donors (Lipinski definition) is 1. The first-order chi connectivity index (χ1) is 10.1. The zero-order chi connectivity index (χ0) is 15.7. The number of amides is 1. The van der Waals surface area contributed by atoms with Crippen molar-refractivity contribution in [1.82, 2.24) is 5.32 Å². The molecule has 1 N–H and O–H groups in total. The third-order valence-electron chi connectivity index (χ3n) is 2.55. The van der Waals surface area contributed by atoms with Crippen LogP contribution in [0.1, 0.15) is 18.9 Å². The molecule has 0 atom stereocenters. The summed E-state index contributed by atoms with van der Waals surface area (Å²) < 4.78 is 10.8. The lowest BCUT2D eigenvalue weighted by Gasteiger charge is -2.12. The summed E-state index contributed by atoms with van der Waals surface area (Å²) in [6, 6.07) is 3.50. The Labute approximate surface area is 130 Å². The lowest BCUT2D eigenvalue weighted by molar-refractivity contribution is -0.116. The Kier molecular flexibility index (Phi) is 7.40. The third kappa shape index (κ3) is 5.52. The van der Waals surface area contributed by atoms with Gasteiger partial charge in [0.1, 0.15) is 0 Å². The van der Waals surface area contributed by atoms with Crippen molar-refractivity contribution in [3.8, 4) is 11.5 Å². The first-order valence-electron chi connectivity index (χ1n) is 6.69. The Morgan fingerprint density at radius 3 is 2.86 bits per heavy atom. The second-order valence-corrected chi connectivity index (χ2v) is 4.66. The highest BCUT2D eigenvalue weighted by atomic mass is 35.5. The number of halogens is 1. The zero-order valence-electron chi connectivity index (χ0n) is 12.3. The molecule has 1 aromatic carbocycles. The van der Waals surface area contributed by atoms with Gasteiger partial charge < -0.3 is 14.8 Å². The summed E-state index contributed by atoms with van der Waals surface area (Å²) in [5.41, 5.74) is 0.759. The molecule has 21 heavy (non-hydrogen) atoms. The van der Waals surface area contributed by atoms with Crippen LogP contribution in [0.25, 0.3) is 6.08 Å². The molecule has 0 aliphatic rings. The fourth-order valence-corrected chi connectivity index (χ4v) is 1.86. The topological polar surface area (TPSA) is 47.6 Å². The van der Waals surface area contributed by atoms with Gasteiger partial charge in [-0.15, -0.1) is 6.58 Å². The van der Waals surface area contributed by atoms with Gasteiger partial charge in [-0.25, -0.2) is 0 Å². The van der Waals surface area contributed by atoms with Crippen LogP contribution in [0.15, 0.2) is 30.9 Å². The Hall–Kier alpha value is -1.94. The Bertz CT molecular complexity index is 526. The van der Waals surface area contributed by atoms with E-state index in [4.69, 9.17) is 21.1 Å². The van der Waals surface area contributed by atoms with Gasteiger partial charge in [0.05, 0.1) is 18.7 Å². The molecule has 0 aromatic heterocycles. The van der Waals surface area contributed by atoms with Gasteiger partial charge in [-0.1, -0.05) is 24.6 Å². The lowest BCUT2D eigenvalue weighted by Crippen LogP contribution is -2.20. The van der Waals surface area contributed by atoms with Crippen molar-refractivity contribution >= 4 is 23.6 Å². The molecule has 0 bridgehead atoms. The summed E-state index contributed by atoms with van der Waals surface area (Å²) in [6.07, 6.45) is 5.59. The van der Waals surface area contributed by atoms with Gasteiger partial charge in [0, 0.05) is 12.6 Å². The number of rotatable bonds is 8. The normalized spacial score (nSPS) is 10.4. The van der Waals surface area contributed by atoms with E-state index in [0.29, 0.717) is 29.7 Å². The molecule has 1 aromatic rings. The maximum atomic E-state index is 11.5. The number of hydrogen-bond acceptors (Lipinski definition) is 3. The monoisotopic (exact) mass is 309 g/mol. The van der Waals surface area contributed by atoms with E-state index in [1.807, 2.05) is 6.92 Å². The molecule has 0 spiro atoms. The van der Waals surface area contributed by atoms with Crippen LogP contribution in [-0.2, 0) is 4.79 Å². The molecule has 1 rings (SSSR count). The highest BCUT2D eigenvalue weighted by molar-refractivity contribution is 6.32. The van der Waals surface area contributed by atoms with Crippen LogP contribution >= 0.6 is 11.6 Å². The van der Waals surface area contributed by atoms with Crippen molar-refractivity contribution in [2.24, 2.45) is 0 Å². The molecule has 0 radical (unpaired) electrons. The summed E-state index contributed by atoms with van der Waals surface area (Å²) >= 11 is 6.20. The quantitative estimate of drug-likeness (QED) is 0.591. The minimum atomic E-state index is -0.198. The third-order valence-corrected chi connectivity index (χ3v) is 2.83. The predicted molar refractivity (Wildman–Crippen MR) is 86.0 cm³/mol. The van der Waals surface area contributed by atoms with Gasteiger partial charge in [0.25, 0.3) is 0 Å². The molecule has 0 saturated carbocycles. The first-order valence-corrected chi connectivity index (χ1v) is 7.07. The van der Waals surface area contributed by atoms with Crippen molar-refractivity contribution in [3.63, 3.8) is 0 Å². The Balaban J connectivity index is 2.89. The van der Waals surface area contributed by atoms with Crippen LogP contribution in [0, 0.1) is 0 Å². The van der Waals surface area contributed by atoms with Gasteiger partial charge in [-0.3, -0.25) is 4.79 Å². The standard InChI is InChI=1S/C16H20ClNO3/c1-4-8-18-15(19)7-6-12-10-13(17)16(21-9-5-2)14(11-12)20-3/h4,6-7,10-11H,1,5,8-9H2,2-3H3,(H,18,19)/b7-6+. The van der Waals surface area contributed by atoms with E-state index in [1.54, 1.807) is 31.4 Å². The van der Waals surface area contributed by atoms with Crippen molar-refractivity contribution in [2.75, 3.05) is 20.3 Å². The van der Waals surface area contributed by atoms with Crippen molar-refractivity contribution in [2.45, 2.75) is 13.3 Å². The van der Waals surface area contributed by atoms with E-state index < -0.39 is 0 Å². The molecular weight excluding hydrogens is 290 g/mol. The summed E-state index contributed by atoms with van der Waals surface area (Å²) in [7, 11) is 1.55. The molecule has 4 nitrogen and oxygen atoms in total. The minimum Gasteiger partial charge on any atom is -0.493 e. The molecular formula is C16H20ClNO3. The number of nitrogens with one attached hydrogen (secondary N) is 1. The smallest absolute Gasteiger partial charge is 0.244 e. The summed E-state index contributed by atoms with van der Waals surface area (Å²) in [4.78, 5) is 11.5. The fourth-order valence-electron chi connectivity index (χ4n) is 1.58. The van der Waals surface area contributed by atoms with Crippen LogP contribution < -0.4 is 14.8 Å². The summed E-state index contributed by atoms with van der Waals surface area (Å²) in [5, 5.41) is 3.11. The largest absolute Gasteiger partial charge is 0.493 e. The van der Waals surface area contributed by atoms with E-state index >= 15 is 0 Å². The molecule has 0 aliphatic carbocycles. The van der Waals surface area contributed by atoms with E-state index in [-0.39, 0.29) is 5.91 Å². The van der Waals surface area contributed by atoms with Crippen LogP contribution in [-0.4, -0.2) is 26.2 Å². The second-order valence-electron chi connectivity index (χ2n) is 4.25. The first kappa shape index (κ1) is 17.1. The van der Waals surface area contributed by atoms with Gasteiger partial charge >= 0.3 is 0 Å². The Morgan fingerprint density at radius 2 is 2.24 bits per heavy atom. The SMILES string of the molecule is C=CCNC(=O)/C=C/c1cc(Cl)c(OCCC)c(OC)c1. The zero-order valence-corrected chi connectivity index (χ0v) is 13.1. The number of carbonyl (C=O) groups excluding carboxylic acids is 1. The molecule has 0 unspecified atom stereocenters. The maximum Gasteiger partial charge on any atom is 0.244 e. The van der Waals surface area contributed by atoms with Gasteiger partial charge in [-0.05, 0) is 30.2 Å². The highest BCUT2D eigenvalue weighted by Crippen LogP contribution is 2.36. The fraction of sp³-hybridized carbons (Fsp3) is 0.312. The van der Waals surface area contributed by atoms with Gasteiger partial charge in [0.2, 0.25) is 5.91 Å². The Morgan fingerprint density at radius 1 is 1.48 bits per heavy atom. The van der Waals surface area contributed by atoms with E-state index in [2.05, 4.69) is 11.9 Å². The molecule has 0 aliphatic heterocycles. The van der Waals surface area contributed by atoms with Crippen molar-refractivity contribution in [1.29, 1.82) is 0 Å². The predicted octanol–water partition coefficient (Wildman–Crippen LogP) is 3.45. The average Bonchev–Trinajstić information content (AvgIpc) is 2.49. The van der Waals surface area contributed by atoms with Crippen LogP contribution in [0.4, 0.5) is 0 Å². The average molecular weight is 310 g/mol. The lowest BCUT2D eigenvalue weighted by atomic mass is 10.2. The van der Waals surface area contributed by atoms with Gasteiger partial charge in [-0.2, -0.15) is 0 Å². The number of ether oxygens (including phenoxy) is 2. The van der Waals surface area contributed by atoms with Crippen LogP contribution in [0.3, 0.4) is 0 Å². The van der Waals surface area contributed by atoms with Crippen molar-refractivity contribution < 1.29 is 14.3 Å². The van der Waals surface area contributed by atoms with E-state index in [1.165, 1.54) is 6.08 Å². The van der Waals surface area contributed by atoms with Gasteiger partial charge in [0.15, 0.2) is 11.5 Å². The van der Waals surface area contributed by atoms with Crippen molar-refractivity contribution in [3.05, 3.63) is 41.4 Å².